The number of hydrogen-bond donors (Lipinski definition) is 1. The fraction of sp³-hybridized carbons (Fsp3) is 0.435. The van der Waals surface area contributed by atoms with Crippen LogP contribution >= 0.6 is 0 Å². The van der Waals surface area contributed by atoms with Gasteiger partial charge in [-0.1, -0.05) is 42.5 Å². The Kier molecular flexibility index (Phi) is 5.53. The van der Waals surface area contributed by atoms with E-state index in [0.29, 0.717) is 30.1 Å². The molecule has 2 heterocycles. The molecule has 0 radical (unpaired) electrons. The number of fused-ring (bicyclic) bond motifs is 1. The minimum Gasteiger partial charge on any atom is -0.493 e. The van der Waals surface area contributed by atoms with Gasteiger partial charge in [0.15, 0.2) is 11.5 Å². The quantitative estimate of drug-likeness (QED) is 0.833. The number of hydrogen-bond acceptors (Lipinski definition) is 4. The van der Waals surface area contributed by atoms with Gasteiger partial charge in [-0.3, -0.25) is 9.69 Å². The fourth-order valence-electron chi connectivity index (χ4n) is 4.86. The molecule has 0 spiro atoms. The van der Waals surface area contributed by atoms with Gasteiger partial charge in [0.05, 0.1) is 20.1 Å². The van der Waals surface area contributed by atoms with Crippen LogP contribution in [0.4, 0.5) is 0 Å². The number of rotatable bonds is 6. The zero-order valence-electron chi connectivity index (χ0n) is 16.6. The van der Waals surface area contributed by atoms with Crippen molar-refractivity contribution in [3.05, 3.63) is 59.7 Å². The minimum atomic E-state index is 0.0318. The average molecular weight is 380 g/mol. The second-order valence-electron chi connectivity index (χ2n) is 7.59. The van der Waals surface area contributed by atoms with Crippen LogP contribution in [-0.4, -0.2) is 37.6 Å². The van der Waals surface area contributed by atoms with E-state index in [1.165, 1.54) is 12.0 Å². The van der Waals surface area contributed by atoms with Crippen LogP contribution in [0.25, 0.3) is 0 Å². The smallest absolute Gasteiger partial charge is 0.225 e. The Balaban J connectivity index is 1.47. The average Bonchev–Trinajstić information content (AvgIpc) is 3.35. The first-order valence-corrected chi connectivity index (χ1v) is 10.0. The van der Waals surface area contributed by atoms with Crippen LogP contribution in [0.1, 0.15) is 36.4 Å². The Morgan fingerprint density at radius 2 is 1.93 bits per heavy atom. The summed E-state index contributed by atoms with van der Waals surface area (Å²) >= 11 is 0. The second-order valence-corrected chi connectivity index (χ2v) is 7.59. The zero-order valence-corrected chi connectivity index (χ0v) is 16.6. The van der Waals surface area contributed by atoms with E-state index < -0.39 is 0 Å². The molecule has 2 saturated heterocycles. The summed E-state index contributed by atoms with van der Waals surface area (Å²) in [6, 6.07) is 17.0. The molecule has 0 bridgehead atoms. The van der Waals surface area contributed by atoms with E-state index in [1.54, 1.807) is 14.2 Å². The molecule has 1 amide bonds. The van der Waals surface area contributed by atoms with Crippen LogP contribution in [-0.2, 0) is 11.3 Å². The van der Waals surface area contributed by atoms with E-state index in [4.69, 9.17) is 9.47 Å². The van der Waals surface area contributed by atoms with Crippen molar-refractivity contribution in [1.29, 1.82) is 0 Å². The van der Waals surface area contributed by atoms with Crippen molar-refractivity contribution in [2.45, 2.75) is 37.9 Å². The molecule has 0 saturated carbocycles. The van der Waals surface area contributed by atoms with Gasteiger partial charge < -0.3 is 14.8 Å². The lowest BCUT2D eigenvalue weighted by atomic mass is 9.93. The number of nitrogens with one attached hydrogen (secondary N) is 1. The highest BCUT2D eigenvalue weighted by atomic mass is 16.5. The molecule has 3 atom stereocenters. The summed E-state index contributed by atoms with van der Waals surface area (Å²) in [5.74, 6) is 1.53. The van der Waals surface area contributed by atoms with Gasteiger partial charge in [0, 0.05) is 24.2 Å². The molecule has 5 heteroatoms. The molecule has 2 fully saturated rings. The summed E-state index contributed by atoms with van der Waals surface area (Å²) in [6.07, 6.45) is 3.15. The van der Waals surface area contributed by atoms with E-state index in [2.05, 4.69) is 34.5 Å². The van der Waals surface area contributed by atoms with Crippen molar-refractivity contribution in [1.82, 2.24) is 10.2 Å². The first-order valence-electron chi connectivity index (χ1n) is 10.0. The summed E-state index contributed by atoms with van der Waals surface area (Å²) in [4.78, 5) is 15.6. The fourth-order valence-corrected chi connectivity index (χ4v) is 4.86. The van der Waals surface area contributed by atoms with Crippen molar-refractivity contribution in [3.8, 4) is 11.5 Å². The van der Waals surface area contributed by atoms with E-state index >= 15 is 0 Å². The predicted octanol–water partition coefficient (Wildman–Crippen LogP) is 3.55. The Morgan fingerprint density at radius 3 is 2.68 bits per heavy atom. The SMILES string of the molecule is COc1cccc(CNC(=O)[C@H]2C[C@@H](c3ccccc3)N3CCC[C@H]23)c1OC. The maximum absolute atomic E-state index is 13.1. The maximum atomic E-state index is 13.1. The third-order valence-electron chi connectivity index (χ3n) is 6.14. The Hall–Kier alpha value is -2.53. The van der Waals surface area contributed by atoms with Gasteiger partial charge in [-0.05, 0) is 37.4 Å². The highest BCUT2D eigenvalue weighted by molar-refractivity contribution is 5.80. The molecule has 2 aliphatic heterocycles. The molecule has 0 aromatic heterocycles. The number of methoxy groups -OCH3 is 2. The predicted molar refractivity (Wildman–Crippen MR) is 108 cm³/mol. The summed E-state index contributed by atoms with van der Waals surface area (Å²) < 4.78 is 10.8. The lowest BCUT2D eigenvalue weighted by Gasteiger charge is -2.24. The van der Waals surface area contributed by atoms with Crippen LogP contribution in [0, 0.1) is 5.92 Å². The van der Waals surface area contributed by atoms with E-state index in [0.717, 1.165) is 24.9 Å². The summed E-state index contributed by atoms with van der Waals surface area (Å²) in [5, 5.41) is 3.15. The molecule has 5 nitrogen and oxygen atoms in total. The first-order chi connectivity index (χ1) is 13.7. The highest BCUT2D eigenvalue weighted by Crippen LogP contribution is 2.45. The van der Waals surface area contributed by atoms with Gasteiger partial charge in [0.1, 0.15) is 0 Å². The van der Waals surface area contributed by atoms with Gasteiger partial charge in [0.25, 0.3) is 0 Å². The number of carbonyl (C=O) groups excluding carboxylic acids is 1. The van der Waals surface area contributed by atoms with Gasteiger partial charge in [0.2, 0.25) is 5.91 Å². The lowest BCUT2D eigenvalue weighted by molar-refractivity contribution is -0.125. The summed E-state index contributed by atoms with van der Waals surface area (Å²) in [6.45, 7) is 1.52. The van der Waals surface area contributed by atoms with Crippen LogP contribution in [0.3, 0.4) is 0 Å². The van der Waals surface area contributed by atoms with Gasteiger partial charge in [-0.25, -0.2) is 0 Å². The third kappa shape index (κ3) is 3.47. The molecular weight excluding hydrogens is 352 g/mol. The number of carbonyl (C=O) groups is 1. The van der Waals surface area contributed by atoms with E-state index in [1.807, 2.05) is 24.3 Å². The molecule has 148 valence electrons. The van der Waals surface area contributed by atoms with Crippen LogP contribution in [0.2, 0.25) is 0 Å². The monoisotopic (exact) mass is 380 g/mol. The largest absolute Gasteiger partial charge is 0.493 e. The first kappa shape index (κ1) is 18.8. The lowest BCUT2D eigenvalue weighted by Crippen LogP contribution is -2.37. The molecule has 1 N–H and O–H groups in total. The Morgan fingerprint density at radius 1 is 1.11 bits per heavy atom. The molecule has 0 unspecified atom stereocenters. The molecule has 2 aliphatic rings. The highest BCUT2D eigenvalue weighted by Gasteiger charge is 2.46. The second kappa shape index (κ2) is 8.23. The maximum Gasteiger partial charge on any atom is 0.225 e. The summed E-state index contributed by atoms with van der Waals surface area (Å²) in [7, 11) is 3.25. The van der Waals surface area contributed by atoms with Crippen molar-refractivity contribution < 1.29 is 14.3 Å². The molecule has 2 aromatic carbocycles. The van der Waals surface area contributed by atoms with Crippen LogP contribution in [0.15, 0.2) is 48.5 Å². The number of para-hydroxylation sites is 1. The molecular formula is C23H28N2O3. The number of benzene rings is 2. The molecule has 0 aliphatic carbocycles. The molecule has 28 heavy (non-hydrogen) atoms. The van der Waals surface area contributed by atoms with Crippen molar-refractivity contribution >= 4 is 5.91 Å². The van der Waals surface area contributed by atoms with Crippen LogP contribution in [0.5, 0.6) is 11.5 Å². The Bertz CT molecular complexity index is 824. The standard InChI is InChI=1S/C23H28N2O3/c1-27-21-12-6-10-17(22(21)28-2)15-24-23(26)18-14-20(16-8-4-3-5-9-16)25-13-7-11-19(18)25/h3-6,8-10,12,18-20H,7,11,13-15H2,1-2H3,(H,24,26)/t18-,19+,20-/m0/s1. The van der Waals surface area contributed by atoms with Crippen molar-refractivity contribution in [3.63, 3.8) is 0 Å². The third-order valence-corrected chi connectivity index (χ3v) is 6.14. The minimum absolute atomic E-state index is 0.0318. The van der Waals surface area contributed by atoms with E-state index in [-0.39, 0.29) is 11.8 Å². The van der Waals surface area contributed by atoms with Gasteiger partial charge in [-0.2, -0.15) is 0 Å². The van der Waals surface area contributed by atoms with Crippen molar-refractivity contribution in [2.24, 2.45) is 5.92 Å². The van der Waals surface area contributed by atoms with Gasteiger partial charge in [-0.15, -0.1) is 0 Å². The van der Waals surface area contributed by atoms with Crippen molar-refractivity contribution in [2.75, 3.05) is 20.8 Å². The molecule has 4 rings (SSSR count). The number of nitrogens with zero attached hydrogens (tertiary/aromatic N) is 1. The number of amides is 1. The zero-order chi connectivity index (χ0) is 19.5. The Labute approximate surface area is 166 Å². The van der Waals surface area contributed by atoms with Crippen LogP contribution < -0.4 is 14.8 Å². The summed E-state index contributed by atoms with van der Waals surface area (Å²) in [5.41, 5.74) is 2.25. The molecule has 2 aromatic rings. The topological polar surface area (TPSA) is 50.8 Å². The van der Waals surface area contributed by atoms with Gasteiger partial charge >= 0.3 is 0 Å². The normalized spacial score (nSPS) is 24.0. The van der Waals surface area contributed by atoms with E-state index in [9.17, 15) is 4.79 Å². The number of ether oxygens (including phenoxy) is 2.